The molecule has 1 aromatic rings. The van der Waals surface area contributed by atoms with Gasteiger partial charge in [-0.05, 0) is 0 Å². The summed E-state index contributed by atoms with van der Waals surface area (Å²) >= 11 is 0. The molecule has 3 heterocycles. The molecule has 1 atom stereocenters. The second-order valence-electron chi connectivity index (χ2n) is 5.78. The van der Waals surface area contributed by atoms with Gasteiger partial charge in [-0.15, -0.1) is 0 Å². The van der Waals surface area contributed by atoms with E-state index >= 15 is 0 Å². The normalized spacial score (nSPS) is 28.3. The Morgan fingerprint density at radius 1 is 1.29 bits per heavy atom. The van der Waals surface area contributed by atoms with Crippen molar-refractivity contribution in [3.8, 4) is 0 Å². The van der Waals surface area contributed by atoms with Crippen molar-refractivity contribution in [2.75, 3.05) is 63.9 Å². The van der Waals surface area contributed by atoms with Crippen LogP contribution in [0.1, 0.15) is 0 Å². The Hall–Kier alpha value is -1.28. The number of rotatable bonds is 3. The van der Waals surface area contributed by atoms with Crippen LogP contribution in [0.2, 0.25) is 0 Å². The number of anilines is 1. The molecule has 116 valence electrons. The standard InChI is InChI=1S/C14H23N5O2/c20-14(10-16-3-8-21-12-14)11-18-4-6-19(7-5-18)13-9-15-1-2-17-13/h1-2,9,16,20H,3-8,10-12H2/t14-/m0/s1. The van der Waals surface area contributed by atoms with Crippen LogP contribution in [0.3, 0.4) is 0 Å². The van der Waals surface area contributed by atoms with Gasteiger partial charge in [-0.3, -0.25) is 9.88 Å². The SMILES string of the molecule is O[C@]1(CN2CCN(c3cnccn3)CC2)CNCCOC1. The van der Waals surface area contributed by atoms with Gasteiger partial charge < -0.3 is 20.1 Å². The number of nitrogens with one attached hydrogen (secondary N) is 1. The van der Waals surface area contributed by atoms with Gasteiger partial charge in [0.1, 0.15) is 11.4 Å². The maximum absolute atomic E-state index is 10.6. The van der Waals surface area contributed by atoms with E-state index in [0.717, 1.165) is 38.5 Å². The fraction of sp³-hybridized carbons (Fsp3) is 0.714. The van der Waals surface area contributed by atoms with Gasteiger partial charge in [0.15, 0.2) is 0 Å². The van der Waals surface area contributed by atoms with Crippen LogP contribution in [-0.2, 0) is 4.74 Å². The molecule has 2 aliphatic heterocycles. The number of aromatic nitrogens is 2. The number of aliphatic hydroxyl groups is 1. The largest absolute Gasteiger partial charge is 0.385 e. The number of piperazine rings is 1. The Bertz CT molecular complexity index is 428. The smallest absolute Gasteiger partial charge is 0.147 e. The first kappa shape index (κ1) is 14.6. The monoisotopic (exact) mass is 293 g/mol. The number of ether oxygens (including phenoxy) is 1. The molecular formula is C14H23N5O2. The van der Waals surface area contributed by atoms with Crippen molar-refractivity contribution in [1.82, 2.24) is 20.2 Å². The van der Waals surface area contributed by atoms with E-state index in [4.69, 9.17) is 4.74 Å². The fourth-order valence-corrected chi connectivity index (χ4v) is 2.89. The molecule has 3 rings (SSSR count). The van der Waals surface area contributed by atoms with E-state index < -0.39 is 5.60 Å². The molecule has 0 aromatic carbocycles. The summed E-state index contributed by atoms with van der Waals surface area (Å²) in [5.74, 6) is 0.926. The summed E-state index contributed by atoms with van der Waals surface area (Å²) in [6.45, 7) is 6.77. The van der Waals surface area contributed by atoms with Gasteiger partial charge >= 0.3 is 0 Å². The van der Waals surface area contributed by atoms with Gasteiger partial charge in [0, 0.05) is 58.2 Å². The van der Waals surface area contributed by atoms with Gasteiger partial charge in [0.25, 0.3) is 0 Å². The second kappa shape index (κ2) is 6.65. The van der Waals surface area contributed by atoms with Gasteiger partial charge in [-0.1, -0.05) is 0 Å². The zero-order chi connectivity index (χ0) is 14.5. The first-order chi connectivity index (χ1) is 10.3. The van der Waals surface area contributed by atoms with E-state index in [1.54, 1.807) is 18.6 Å². The van der Waals surface area contributed by atoms with Crippen LogP contribution in [0.5, 0.6) is 0 Å². The number of hydrogen-bond acceptors (Lipinski definition) is 7. The maximum atomic E-state index is 10.6. The molecule has 0 aliphatic carbocycles. The molecule has 2 saturated heterocycles. The molecule has 2 aliphatic rings. The zero-order valence-corrected chi connectivity index (χ0v) is 12.2. The summed E-state index contributed by atoms with van der Waals surface area (Å²) in [6.07, 6.45) is 5.21. The molecule has 7 nitrogen and oxygen atoms in total. The van der Waals surface area contributed by atoms with E-state index in [1.807, 2.05) is 0 Å². The van der Waals surface area contributed by atoms with Crippen molar-refractivity contribution in [2.24, 2.45) is 0 Å². The van der Waals surface area contributed by atoms with Crippen LogP contribution >= 0.6 is 0 Å². The lowest BCUT2D eigenvalue weighted by Crippen LogP contribution is -2.56. The minimum absolute atomic E-state index is 0.407. The maximum Gasteiger partial charge on any atom is 0.147 e. The molecule has 0 unspecified atom stereocenters. The van der Waals surface area contributed by atoms with E-state index in [1.165, 1.54) is 0 Å². The van der Waals surface area contributed by atoms with Crippen molar-refractivity contribution in [1.29, 1.82) is 0 Å². The van der Waals surface area contributed by atoms with Crippen LogP contribution in [-0.4, -0.2) is 84.6 Å². The first-order valence-electron chi connectivity index (χ1n) is 7.49. The summed E-state index contributed by atoms with van der Waals surface area (Å²) in [5.41, 5.74) is -0.786. The van der Waals surface area contributed by atoms with E-state index in [0.29, 0.717) is 26.3 Å². The Balaban J connectivity index is 1.51. The van der Waals surface area contributed by atoms with Crippen LogP contribution in [0.25, 0.3) is 0 Å². The predicted molar refractivity (Wildman–Crippen MR) is 79.3 cm³/mol. The Morgan fingerprint density at radius 2 is 2.14 bits per heavy atom. The molecule has 0 spiro atoms. The molecule has 0 bridgehead atoms. The molecule has 0 radical (unpaired) electrons. The summed E-state index contributed by atoms with van der Waals surface area (Å²) in [4.78, 5) is 13.0. The fourth-order valence-electron chi connectivity index (χ4n) is 2.89. The third-order valence-electron chi connectivity index (χ3n) is 4.01. The van der Waals surface area contributed by atoms with Crippen molar-refractivity contribution < 1.29 is 9.84 Å². The van der Waals surface area contributed by atoms with E-state index in [-0.39, 0.29) is 0 Å². The lowest BCUT2D eigenvalue weighted by Gasteiger charge is -2.39. The highest BCUT2D eigenvalue weighted by molar-refractivity contribution is 5.35. The summed E-state index contributed by atoms with van der Waals surface area (Å²) in [7, 11) is 0. The predicted octanol–water partition coefficient (Wildman–Crippen LogP) is -1.05. The number of hydrogen-bond donors (Lipinski definition) is 2. The second-order valence-corrected chi connectivity index (χ2v) is 5.78. The summed E-state index contributed by atoms with van der Waals surface area (Å²) in [6, 6.07) is 0. The van der Waals surface area contributed by atoms with Crippen LogP contribution in [0, 0.1) is 0 Å². The van der Waals surface area contributed by atoms with Crippen molar-refractivity contribution in [2.45, 2.75) is 5.60 Å². The Kier molecular flexibility index (Phi) is 4.64. The first-order valence-corrected chi connectivity index (χ1v) is 7.49. The van der Waals surface area contributed by atoms with Crippen molar-refractivity contribution in [3.63, 3.8) is 0 Å². The Labute approximate surface area is 124 Å². The molecular weight excluding hydrogens is 270 g/mol. The van der Waals surface area contributed by atoms with E-state index in [2.05, 4.69) is 25.1 Å². The molecule has 7 heteroatoms. The highest BCUT2D eigenvalue weighted by Crippen LogP contribution is 2.15. The third-order valence-corrected chi connectivity index (χ3v) is 4.01. The lowest BCUT2D eigenvalue weighted by atomic mass is 10.0. The molecule has 0 amide bonds. The average Bonchev–Trinajstić information content (AvgIpc) is 2.74. The van der Waals surface area contributed by atoms with Crippen LogP contribution in [0.4, 0.5) is 5.82 Å². The van der Waals surface area contributed by atoms with Crippen molar-refractivity contribution in [3.05, 3.63) is 18.6 Å². The quantitative estimate of drug-likeness (QED) is 0.736. The van der Waals surface area contributed by atoms with Crippen LogP contribution in [0.15, 0.2) is 18.6 Å². The van der Waals surface area contributed by atoms with E-state index in [9.17, 15) is 5.11 Å². The lowest BCUT2D eigenvalue weighted by molar-refractivity contribution is -0.0495. The third kappa shape index (κ3) is 3.88. The minimum atomic E-state index is -0.786. The highest BCUT2D eigenvalue weighted by Gasteiger charge is 2.32. The van der Waals surface area contributed by atoms with Crippen LogP contribution < -0.4 is 10.2 Å². The van der Waals surface area contributed by atoms with Gasteiger partial charge in [0.05, 0.1) is 19.4 Å². The molecule has 2 N–H and O–H groups in total. The van der Waals surface area contributed by atoms with Crippen molar-refractivity contribution >= 4 is 5.82 Å². The summed E-state index contributed by atoms with van der Waals surface area (Å²) < 4.78 is 5.47. The molecule has 0 saturated carbocycles. The van der Waals surface area contributed by atoms with Gasteiger partial charge in [-0.2, -0.15) is 0 Å². The molecule has 21 heavy (non-hydrogen) atoms. The number of β-amino-alcohol motifs (C(OH)–C–C–N with tert-alkyl or cyclic N) is 1. The minimum Gasteiger partial charge on any atom is -0.385 e. The Morgan fingerprint density at radius 3 is 2.90 bits per heavy atom. The number of nitrogens with zero attached hydrogens (tertiary/aromatic N) is 4. The topological polar surface area (TPSA) is 73.8 Å². The average molecular weight is 293 g/mol. The van der Waals surface area contributed by atoms with Gasteiger partial charge in [-0.25, -0.2) is 4.98 Å². The molecule has 1 aromatic heterocycles. The highest BCUT2D eigenvalue weighted by atomic mass is 16.5. The molecule has 2 fully saturated rings. The zero-order valence-electron chi connectivity index (χ0n) is 12.2. The summed E-state index contributed by atoms with van der Waals surface area (Å²) in [5, 5.41) is 13.9. The van der Waals surface area contributed by atoms with Gasteiger partial charge in [0.2, 0.25) is 0 Å².